The quantitative estimate of drug-likeness (QED) is 0.847. The van der Waals surface area contributed by atoms with Gasteiger partial charge in [-0.15, -0.1) is 0 Å². The monoisotopic (exact) mass is 314 g/mol. The Morgan fingerprint density at radius 2 is 1.96 bits per heavy atom. The standard InChI is InChI=1S/C17H18N2O4/c1-11-5-7-12(8-6-11)13(20)10-19-15(21)17(2,18-16(19)22)14-4-3-9-23-14/h3-9,13,20H,10H2,1-2H3,(H,18,22). The van der Waals surface area contributed by atoms with Gasteiger partial charge in [-0.05, 0) is 31.5 Å². The summed E-state index contributed by atoms with van der Waals surface area (Å²) < 4.78 is 5.27. The number of rotatable bonds is 4. The van der Waals surface area contributed by atoms with Crippen LogP contribution in [-0.4, -0.2) is 28.5 Å². The highest BCUT2D eigenvalue weighted by Gasteiger charge is 2.51. The van der Waals surface area contributed by atoms with Crippen molar-refractivity contribution in [3.8, 4) is 0 Å². The van der Waals surface area contributed by atoms with Gasteiger partial charge in [-0.25, -0.2) is 4.79 Å². The molecule has 2 aromatic rings. The van der Waals surface area contributed by atoms with Gasteiger partial charge < -0.3 is 14.8 Å². The lowest BCUT2D eigenvalue weighted by Gasteiger charge is -2.21. The van der Waals surface area contributed by atoms with E-state index >= 15 is 0 Å². The zero-order valence-corrected chi connectivity index (χ0v) is 12.9. The van der Waals surface area contributed by atoms with E-state index in [-0.39, 0.29) is 6.54 Å². The van der Waals surface area contributed by atoms with Crippen molar-refractivity contribution in [2.75, 3.05) is 6.54 Å². The number of aliphatic hydroxyl groups excluding tert-OH is 1. The third kappa shape index (κ3) is 2.61. The number of furan rings is 1. The number of imide groups is 1. The summed E-state index contributed by atoms with van der Waals surface area (Å²) in [4.78, 5) is 25.8. The number of aryl methyl sites for hydroxylation is 1. The summed E-state index contributed by atoms with van der Waals surface area (Å²) in [7, 11) is 0. The van der Waals surface area contributed by atoms with Crippen LogP contribution in [0.2, 0.25) is 0 Å². The lowest BCUT2D eigenvalue weighted by atomic mass is 9.99. The second kappa shape index (κ2) is 5.55. The summed E-state index contributed by atoms with van der Waals surface area (Å²) in [5.74, 6) is -0.0770. The van der Waals surface area contributed by atoms with E-state index in [4.69, 9.17) is 4.42 Å². The first-order valence-electron chi connectivity index (χ1n) is 7.34. The minimum absolute atomic E-state index is 0.107. The van der Waals surface area contributed by atoms with Gasteiger partial charge in [0.2, 0.25) is 0 Å². The molecule has 2 heterocycles. The molecule has 2 unspecified atom stereocenters. The fourth-order valence-corrected chi connectivity index (χ4v) is 2.66. The molecule has 2 atom stereocenters. The second-order valence-electron chi connectivity index (χ2n) is 5.87. The molecular weight excluding hydrogens is 296 g/mol. The van der Waals surface area contributed by atoms with Crippen LogP contribution in [0.1, 0.15) is 29.9 Å². The molecule has 1 aliphatic heterocycles. The maximum atomic E-state index is 12.6. The topological polar surface area (TPSA) is 82.8 Å². The van der Waals surface area contributed by atoms with Gasteiger partial charge in [0.05, 0.1) is 18.9 Å². The molecule has 6 heteroatoms. The predicted octanol–water partition coefficient (Wildman–Crippen LogP) is 2.09. The number of nitrogens with zero attached hydrogens (tertiary/aromatic N) is 1. The highest BCUT2D eigenvalue weighted by molar-refractivity contribution is 6.06. The highest BCUT2D eigenvalue weighted by atomic mass is 16.3. The van der Waals surface area contributed by atoms with E-state index in [1.54, 1.807) is 31.2 Å². The van der Waals surface area contributed by atoms with E-state index < -0.39 is 23.6 Å². The van der Waals surface area contributed by atoms with E-state index in [1.807, 2.05) is 19.1 Å². The molecule has 6 nitrogen and oxygen atoms in total. The molecule has 2 N–H and O–H groups in total. The Kier molecular flexibility index (Phi) is 3.69. The zero-order valence-electron chi connectivity index (χ0n) is 12.9. The van der Waals surface area contributed by atoms with Gasteiger partial charge in [-0.1, -0.05) is 29.8 Å². The van der Waals surface area contributed by atoms with Gasteiger partial charge in [0, 0.05) is 0 Å². The third-order valence-electron chi connectivity index (χ3n) is 4.11. The van der Waals surface area contributed by atoms with Gasteiger partial charge in [0.25, 0.3) is 5.91 Å². The van der Waals surface area contributed by atoms with Crippen LogP contribution in [0.25, 0.3) is 0 Å². The highest BCUT2D eigenvalue weighted by Crippen LogP contribution is 2.30. The van der Waals surface area contributed by atoms with E-state index in [1.165, 1.54) is 6.26 Å². The largest absolute Gasteiger partial charge is 0.466 e. The van der Waals surface area contributed by atoms with Crippen LogP contribution in [0.15, 0.2) is 47.1 Å². The summed E-state index contributed by atoms with van der Waals surface area (Å²) in [5, 5.41) is 12.9. The summed E-state index contributed by atoms with van der Waals surface area (Å²) in [6, 6.07) is 10.1. The minimum Gasteiger partial charge on any atom is -0.466 e. The van der Waals surface area contributed by atoms with Crippen molar-refractivity contribution in [3.63, 3.8) is 0 Å². The molecule has 1 aromatic carbocycles. The molecule has 23 heavy (non-hydrogen) atoms. The van der Waals surface area contributed by atoms with Crippen LogP contribution >= 0.6 is 0 Å². The van der Waals surface area contributed by atoms with E-state index in [2.05, 4.69) is 5.32 Å². The molecule has 1 saturated heterocycles. The molecule has 120 valence electrons. The number of carbonyl (C=O) groups excluding carboxylic acids is 2. The molecule has 0 saturated carbocycles. The number of benzene rings is 1. The van der Waals surface area contributed by atoms with Crippen molar-refractivity contribution < 1.29 is 19.1 Å². The van der Waals surface area contributed by atoms with Crippen LogP contribution in [-0.2, 0) is 10.3 Å². The van der Waals surface area contributed by atoms with Gasteiger partial charge in [0.15, 0.2) is 5.54 Å². The van der Waals surface area contributed by atoms with Crippen LogP contribution in [0.4, 0.5) is 4.79 Å². The number of carbonyl (C=O) groups is 2. The van der Waals surface area contributed by atoms with Crippen molar-refractivity contribution in [2.45, 2.75) is 25.5 Å². The normalized spacial score (nSPS) is 22.3. The minimum atomic E-state index is -1.24. The summed E-state index contributed by atoms with van der Waals surface area (Å²) >= 11 is 0. The summed E-state index contributed by atoms with van der Waals surface area (Å²) in [6.45, 7) is 3.43. The second-order valence-corrected chi connectivity index (χ2v) is 5.87. The Morgan fingerprint density at radius 1 is 1.26 bits per heavy atom. The molecule has 0 radical (unpaired) electrons. The Bertz CT molecular complexity index is 724. The first-order valence-corrected chi connectivity index (χ1v) is 7.34. The lowest BCUT2D eigenvalue weighted by molar-refractivity contribution is -0.132. The molecule has 1 aliphatic rings. The maximum Gasteiger partial charge on any atom is 0.325 e. The molecular formula is C17H18N2O4. The van der Waals surface area contributed by atoms with Gasteiger partial charge in [-0.3, -0.25) is 9.69 Å². The average molecular weight is 314 g/mol. The first-order chi connectivity index (χ1) is 10.9. The Morgan fingerprint density at radius 3 is 2.57 bits per heavy atom. The Labute approximate surface area is 133 Å². The molecule has 3 rings (SSSR count). The first kappa shape index (κ1) is 15.3. The Balaban J connectivity index is 1.79. The van der Waals surface area contributed by atoms with Gasteiger partial charge in [-0.2, -0.15) is 0 Å². The van der Waals surface area contributed by atoms with Crippen molar-refractivity contribution in [3.05, 3.63) is 59.5 Å². The van der Waals surface area contributed by atoms with Crippen LogP contribution < -0.4 is 5.32 Å². The third-order valence-corrected chi connectivity index (χ3v) is 4.11. The number of hydrogen-bond donors (Lipinski definition) is 2. The smallest absolute Gasteiger partial charge is 0.325 e. The number of aliphatic hydroxyl groups is 1. The molecule has 3 amide bonds. The number of amides is 3. The molecule has 0 bridgehead atoms. The van der Waals surface area contributed by atoms with E-state index in [0.29, 0.717) is 11.3 Å². The molecule has 1 fully saturated rings. The van der Waals surface area contributed by atoms with Crippen LogP contribution in [0.5, 0.6) is 0 Å². The van der Waals surface area contributed by atoms with Crippen molar-refractivity contribution in [2.24, 2.45) is 0 Å². The lowest BCUT2D eigenvalue weighted by Crippen LogP contribution is -2.41. The number of β-amino-alcohol motifs (C(OH)–C–C–N with tert-alkyl or cyclic N) is 1. The molecule has 1 aromatic heterocycles. The number of nitrogens with one attached hydrogen (secondary N) is 1. The summed E-state index contributed by atoms with van der Waals surface area (Å²) in [5.41, 5.74) is 0.484. The number of hydrogen-bond acceptors (Lipinski definition) is 4. The van der Waals surface area contributed by atoms with Crippen LogP contribution in [0.3, 0.4) is 0 Å². The van der Waals surface area contributed by atoms with E-state index in [9.17, 15) is 14.7 Å². The maximum absolute atomic E-state index is 12.6. The van der Waals surface area contributed by atoms with Crippen molar-refractivity contribution >= 4 is 11.9 Å². The molecule has 0 spiro atoms. The summed E-state index contributed by atoms with van der Waals surface area (Å²) in [6.07, 6.45) is 0.508. The number of urea groups is 1. The predicted molar refractivity (Wildman–Crippen MR) is 82.4 cm³/mol. The fraction of sp³-hybridized carbons (Fsp3) is 0.294. The van der Waals surface area contributed by atoms with Crippen LogP contribution in [0, 0.1) is 6.92 Å². The van der Waals surface area contributed by atoms with Gasteiger partial charge in [0.1, 0.15) is 5.76 Å². The zero-order chi connectivity index (χ0) is 16.6. The Hall–Kier alpha value is -2.60. The van der Waals surface area contributed by atoms with Gasteiger partial charge >= 0.3 is 6.03 Å². The SMILES string of the molecule is Cc1ccc(C(O)CN2C(=O)NC(C)(c3ccco3)C2=O)cc1. The van der Waals surface area contributed by atoms with Crippen molar-refractivity contribution in [1.82, 2.24) is 10.2 Å². The van der Waals surface area contributed by atoms with Crippen molar-refractivity contribution in [1.29, 1.82) is 0 Å². The molecule has 0 aliphatic carbocycles. The average Bonchev–Trinajstić information content (AvgIpc) is 3.12. The fourth-order valence-electron chi connectivity index (χ4n) is 2.66. The van der Waals surface area contributed by atoms with E-state index in [0.717, 1.165) is 10.5 Å².